The van der Waals surface area contributed by atoms with Crippen molar-refractivity contribution in [3.05, 3.63) is 59.7 Å². The van der Waals surface area contributed by atoms with Gasteiger partial charge in [-0.3, -0.25) is 9.78 Å². The van der Waals surface area contributed by atoms with Gasteiger partial charge in [0.25, 0.3) is 0 Å². The summed E-state index contributed by atoms with van der Waals surface area (Å²) in [6.07, 6.45) is 2.58. The molecule has 0 aliphatic carbocycles. The molecule has 1 aromatic heterocycles. The smallest absolute Gasteiger partial charge is 0.207 e. The first-order chi connectivity index (χ1) is 14.5. The third kappa shape index (κ3) is 6.79. The van der Waals surface area contributed by atoms with Crippen LogP contribution in [0.15, 0.2) is 42.6 Å². The number of piperidine rings is 1. The van der Waals surface area contributed by atoms with Crippen LogP contribution in [0, 0.1) is 23.1 Å². The number of rotatable bonds is 6. The number of anilines is 1. The van der Waals surface area contributed by atoms with E-state index in [1.54, 1.807) is 30.5 Å². The highest BCUT2D eigenvalue weighted by Gasteiger charge is 2.21. The van der Waals surface area contributed by atoms with Crippen molar-refractivity contribution in [2.75, 3.05) is 24.5 Å². The SMILES string of the molecule is C[C@H](O)[C@@H](O)c1ccccn1.N#Cc1cc(F)ccc1N1CCC(CNC=O)CC1. The normalized spacial score (nSPS) is 15.9. The number of carbonyl (C=O) groups is 1. The molecule has 0 bridgehead atoms. The molecule has 2 atom stereocenters. The minimum absolute atomic E-state index is 0.379. The predicted molar refractivity (Wildman–Crippen MR) is 111 cm³/mol. The minimum Gasteiger partial charge on any atom is -0.390 e. The molecule has 3 rings (SSSR count). The summed E-state index contributed by atoms with van der Waals surface area (Å²) >= 11 is 0. The topological polar surface area (TPSA) is 109 Å². The molecule has 0 unspecified atom stereocenters. The van der Waals surface area contributed by atoms with E-state index in [1.807, 2.05) is 6.07 Å². The van der Waals surface area contributed by atoms with Gasteiger partial charge in [0.15, 0.2) is 0 Å². The number of aromatic nitrogens is 1. The number of carbonyl (C=O) groups excluding carboxylic acids is 1. The average Bonchev–Trinajstić information content (AvgIpc) is 2.78. The summed E-state index contributed by atoms with van der Waals surface area (Å²) in [5.74, 6) is 0.0952. The quantitative estimate of drug-likeness (QED) is 0.625. The van der Waals surface area contributed by atoms with E-state index in [0.29, 0.717) is 23.7 Å². The summed E-state index contributed by atoms with van der Waals surface area (Å²) in [6, 6.07) is 11.6. The maximum absolute atomic E-state index is 13.1. The van der Waals surface area contributed by atoms with Gasteiger partial charge >= 0.3 is 0 Å². The van der Waals surface area contributed by atoms with E-state index in [9.17, 15) is 14.3 Å². The Hall–Kier alpha value is -3.02. The lowest BCUT2D eigenvalue weighted by molar-refractivity contribution is -0.109. The minimum atomic E-state index is -0.879. The van der Waals surface area contributed by atoms with Gasteiger partial charge in [0.05, 0.1) is 23.0 Å². The van der Waals surface area contributed by atoms with Gasteiger partial charge in [-0.25, -0.2) is 4.39 Å². The Morgan fingerprint density at radius 3 is 2.63 bits per heavy atom. The molecule has 2 heterocycles. The van der Waals surface area contributed by atoms with Crippen molar-refractivity contribution >= 4 is 12.1 Å². The van der Waals surface area contributed by atoms with Crippen LogP contribution in [0.3, 0.4) is 0 Å². The van der Waals surface area contributed by atoms with E-state index in [2.05, 4.69) is 15.2 Å². The van der Waals surface area contributed by atoms with Crippen LogP contribution in [0.5, 0.6) is 0 Å². The van der Waals surface area contributed by atoms with Crippen LogP contribution in [0.2, 0.25) is 0 Å². The summed E-state index contributed by atoms with van der Waals surface area (Å²) in [7, 11) is 0. The molecule has 30 heavy (non-hydrogen) atoms. The number of hydrogen-bond acceptors (Lipinski definition) is 6. The Labute approximate surface area is 175 Å². The summed E-state index contributed by atoms with van der Waals surface area (Å²) in [4.78, 5) is 16.3. The largest absolute Gasteiger partial charge is 0.390 e. The van der Waals surface area contributed by atoms with E-state index in [-0.39, 0.29) is 5.82 Å². The fourth-order valence-electron chi connectivity index (χ4n) is 3.26. The van der Waals surface area contributed by atoms with E-state index < -0.39 is 12.2 Å². The predicted octanol–water partition coefficient (Wildman–Crippen LogP) is 2.16. The summed E-state index contributed by atoms with van der Waals surface area (Å²) in [6.45, 7) is 3.88. The number of nitriles is 1. The molecular weight excluding hydrogens is 387 g/mol. The number of aliphatic hydroxyl groups is 2. The standard InChI is InChI=1S/C14H16FN3O.C8H11NO2/c15-13-1-2-14(12(7-13)8-16)18-5-3-11(4-6-18)9-17-10-19;1-6(10)8(11)7-4-2-3-5-9-7/h1-2,7,10-11H,3-6,9H2,(H,17,19);2-6,8,10-11H,1H3/t;6-,8+/m.0/s1. The second-order valence-corrected chi connectivity index (χ2v) is 7.17. The molecule has 3 N–H and O–H groups in total. The van der Waals surface area contributed by atoms with Crippen molar-refractivity contribution < 1.29 is 19.4 Å². The number of amides is 1. The number of benzene rings is 1. The third-order valence-corrected chi connectivity index (χ3v) is 4.97. The molecule has 7 nitrogen and oxygen atoms in total. The molecule has 1 aliphatic rings. The number of halogens is 1. The first-order valence-corrected chi connectivity index (χ1v) is 9.85. The van der Waals surface area contributed by atoms with Crippen molar-refractivity contribution in [1.29, 1.82) is 5.26 Å². The fraction of sp³-hybridized carbons (Fsp3) is 0.409. The maximum Gasteiger partial charge on any atom is 0.207 e. The Morgan fingerprint density at radius 1 is 1.33 bits per heavy atom. The first-order valence-electron chi connectivity index (χ1n) is 9.85. The molecule has 1 amide bonds. The number of nitrogens with one attached hydrogen (secondary N) is 1. The molecule has 160 valence electrons. The van der Waals surface area contributed by atoms with Gasteiger partial charge in [-0.2, -0.15) is 5.26 Å². The molecule has 0 saturated carbocycles. The zero-order valence-electron chi connectivity index (χ0n) is 16.9. The second-order valence-electron chi connectivity index (χ2n) is 7.17. The molecule has 1 saturated heterocycles. The van der Waals surface area contributed by atoms with Crippen LogP contribution in [-0.2, 0) is 4.79 Å². The average molecular weight is 414 g/mol. The van der Waals surface area contributed by atoms with E-state index in [0.717, 1.165) is 38.0 Å². The first kappa shape index (κ1) is 23.3. The number of hydrogen-bond donors (Lipinski definition) is 3. The van der Waals surface area contributed by atoms with Gasteiger partial charge in [0, 0.05) is 25.8 Å². The molecular formula is C22H27FN4O3. The number of aliphatic hydroxyl groups excluding tert-OH is 2. The molecule has 2 aromatic rings. The molecule has 0 spiro atoms. The Balaban J connectivity index is 0.000000248. The van der Waals surface area contributed by atoms with Crippen molar-refractivity contribution in [2.45, 2.75) is 32.0 Å². The van der Waals surface area contributed by atoms with Gasteiger partial charge in [-0.05, 0) is 56.0 Å². The van der Waals surface area contributed by atoms with Gasteiger partial charge in [0.1, 0.15) is 18.0 Å². The van der Waals surface area contributed by atoms with Crippen molar-refractivity contribution in [3.63, 3.8) is 0 Å². The van der Waals surface area contributed by atoms with Gasteiger partial charge in [-0.1, -0.05) is 6.07 Å². The van der Waals surface area contributed by atoms with Gasteiger partial charge in [0.2, 0.25) is 6.41 Å². The molecule has 1 aromatic carbocycles. The highest BCUT2D eigenvalue weighted by molar-refractivity contribution is 5.59. The molecule has 1 aliphatic heterocycles. The monoisotopic (exact) mass is 414 g/mol. The van der Waals surface area contributed by atoms with Crippen molar-refractivity contribution in [1.82, 2.24) is 10.3 Å². The van der Waals surface area contributed by atoms with Crippen LogP contribution in [-0.4, -0.2) is 47.3 Å². The van der Waals surface area contributed by atoms with Crippen LogP contribution in [0.25, 0.3) is 0 Å². The van der Waals surface area contributed by atoms with E-state index in [1.165, 1.54) is 19.1 Å². The molecule has 0 radical (unpaired) electrons. The fourth-order valence-corrected chi connectivity index (χ4v) is 3.26. The number of nitrogens with zero attached hydrogens (tertiary/aromatic N) is 3. The van der Waals surface area contributed by atoms with Crippen LogP contribution in [0.4, 0.5) is 10.1 Å². The van der Waals surface area contributed by atoms with Gasteiger partial charge in [-0.15, -0.1) is 0 Å². The lowest BCUT2D eigenvalue weighted by atomic mass is 9.96. The van der Waals surface area contributed by atoms with E-state index >= 15 is 0 Å². The lowest BCUT2D eigenvalue weighted by Gasteiger charge is -2.34. The summed E-state index contributed by atoms with van der Waals surface area (Å²) < 4.78 is 13.1. The van der Waals surface area contributed by atoms with Gasteiger partial charge < -0.3 is 20.4 Å². The lowest BCUT2D eigenvalue weighted by Crippen LogP contribution is -2.37. The number of pyridine rings is 1. The van der Waals surface area contributed by atoms with Crippen molar-refractivity contribution in [3.8, 4) is 6.07 Å². The zero-order valence-corrected chi connectivity index (χ0v) is 16.9. The van der Waals surface area contributed by atoms with E-state index in [4.69, 9.17) is 10.4 Å². The molecule has 8 heteroatoms. The summed E-state index contributed by atoms with van der Waals surface area (Å²) in [5, 5.41) is 30.0. The van der Waals surface area contributed by atoms with Crippen LogP contribution in [0.1, 0.15) is 37.1 Å². The molecule has 1 fully saturated rings. The maximum atomic E-state index is 13.1. The summed E-state index contributed by atoms with van der Waals surface area (Å²) in [5.41, 5.74) is 1.68. The third-order valence-electron chi connectivity index (χ3n) is 4.97. The van der Waals surface area contributed by atoms with Crippen molar-refractivity contribution in [2.24, 2.45) is 5.92 Å². The zero-order chi connectivity index (χ0) is 21.9. The second kappa shape index (κ2) is 11.9. The Bertz CT molecular complexity index is 834. The Kier molecular flexibility index (Phi) is 9.19. The highest BCUT2D eigenvalue weighted by Crippen LogP contribution is 2.26. The highest BCUT2D eigenvalue weighted by atomic mass is 19.1. The Morgan fingerprint density at radius 2 is 2.07 bits per heavy atom. The van der Waals surface area contributed by atoms with Crippen LogP contribution < -0.4 is 10.2 Å². The van der Waals surface area contributed by atoms with Crippen LogP contribution >= 0.6 is 0 Å².